The van der Waals surface area contributed by atoms with E-state index >= 15 is 0 Å². The molecule has 0 atom stereocenters. The Labute approximate surface area is 77.3 Å². The first-order valence-electron chi connectivity index (χ1n) is 0.855. The molecule has 7 heavy (non-hydrogen) atoms. The van der Waals surface area contributed by atoms with E-state index in [4.69, 9.17) is 19.2 Å². The van der Waals surface area contributed by atoms with Crippen LogP contribution >= 0.6 is 0 Å². The van der Waals surface area contributed by atoms with Crippen LogP contribution in [0.3, 0.4) is 0 Å². The number of rotatable bonds is 0. The molecule has 0 amide bonds. The third-order valence-corrected chi connectivity index (χ3v) is 0. The number of hydrogen-bond acceptors (Lipinski definition) is 4. The van der Waals surface area contributed by atoms with Crippen molar-refractivity contribution in [2.75, 3.05) is 0 Å². The zero-order valence-corrected chi connectivity index (χ0v) is 6.49. The second-order valence-corrected chi connectivity index (χ2v) is 1.65. The molecule has 7 heteroatoms. The zero-order valence-electron chi connectivity index (χ0n) is 2.88. The van der Waals surface area contributed by atoms with Crippen molar-refractivity contribution in [3.8, 4) is 0 Å². The molecule has 49 valence electrons. The van der Waals surface area contributed by atoms with Crippen molar-refractivity contribution in [2.45, 2.75) is 0 Å². The van der Waals surface area contributed by atoms with E-state index in [-0.39, 0.29) is 49.7 Å². The van der Waals surface area contributed by atoms with Crippen LogP contribution in [0.5, 0.6) is 0 Å². The summed E-state index contributed by atoms with van der Waals surface area (Å²) in [5, 5.41) is 0. The normalized spacial score (nSPS) is 8.57. The SMILES string of the molecule is [Cl-].[Er+3].[O-][Si]([O-])(O)O. The Morgan fingerprint density at radius 2 is 1.14 bits per heavy atom. The fourth-order valence-electron chi connectivity index (χ4n) is 0. The molecule has 0 heterocycles. The molecular weight excluding hydrogens is 295 g/mol. The first-order chi connectivity index (χ1) is 2.00. The largest absolute Gasteiger partial charge is 3.00 e. The Bertz CT molecular complexity index is 27.2. The van der Waals surface area contributed by atoms with Crippen LogP contribution in [0, 0.1) is 37.3 Å². The summed E-state index contributed by atoms with van der Waals surface area (Å²) in [6, 6.07) is 0. The van der Waals surface area contributed by atoms with Crippen molar-refractivity contribution in [2.24, 2.45) is 0 Å². The second-order valence-electron chi connectivity index (χ2n) is 0.548. The maximum Gasteiger partial charge on any atom is 3.00 e. The van der Waals surface area contributed by atoms with E-state index in [1.54, 1.807) is 0 Å². The molecule has 0 aliphatic carbocycles. The standard InChI is InChI=1S/ClH.Er.H2O4Si/c;;1-5(2,3)4/h1H;;1-2H/q;+3;-2/p-1. The topological polar surface area (TPSA) is 86.6 Å². The minimum atomic E-state index is -5.11. The van der Waals surface area contributed by atoms with Crippen LogP contribution in [-0.4, -0.2) is 18.6 Å². The maximum absolute atomic E-state index is 8.80. The molecule has 0 fully saturated rings. The molecule has 0 spiro atoms. The molecule has 0 rings (SSSR count). The van der Waals surface area contributed by atoms with E-state index in [2.05, 4.69) is 0 Å². The first kappa shape index (κ1) is 15.8. The number of halogens is 1. The van der Waals surface area contributed by atoms with Gasteiger partial charge in [-0.3, -0.25) is 0 Å². The fraction of sp³-hybridized carbons (Fsp3) is 0. The second kappa shape index (κ2) is 5.73. The van der Waals surface area contributed by atoms with Gasteiger partial charge in [-0.15, -0.1) is 0 Å². The van der Waals surface area contributed by atoms with E-state index in [1.807, 2.05) is 0 Å². The monoisotopic (exact) mass is 295 g/mol. The summed E-state index contributed by atoms with van der Waals surface area (Å²) in [6.07, 6.45) is 0. The third-order valence-electron chi connectivity index (χ3n) is 0. The van der Waals surface area contributed by atoms with Gasteiger partial charge in [0.05, 0.1) is 0 Å². The Hall–Kier alpha value is 1.59. The fourth-order valence-corrected chi connectivity index (χ4v) is 0. The molecule has 0 aromatic rings. The van der Waals surface area contributed by atoms with E-state index < -0.39 is 9.05 Å². The molecule has 0 aromatic heterocycles. The van der Waals surface area contributed by atoms with Gasteiger partial charge in [0, 0.05) is 0 Å². The first-order valence-corrected chi connectivity index (χ1v) is 2.57. The van der Waals surface area contributed by atoms with Gasteiger partial charge in [0.25, 0.3) is 0 Å². The molecule has 0 aliphatic heterocycles. The Morgan fingerprint density at radius 1 is 1.14 bits per heavy atom. The summed E-state index contributed by atoms with van der Waals surface area (Å²) >= 11 is 0. The van der Waals surface area contributed by atoms with E-state index in [1.165, 1.54) is 0 Å². The van der Waals surface area contributed by atoms with Gasteiger partial charge in [0.15, 0.2) is 0 Å². The summed E-state index contributed by atoms with van der Waals surface area (Å²) in [6.45, 7) is 0. The number of hydrogen-bond donors (Lipinski definition) is 2. The van der Waals surface area contributed by atoms with Crippen LogP contribution in [0.15, 0.2) is 0 Å². The summed E-state index contributed by atoms with van der Waals surface area (Å²) in [7, 11) is -5.11. The Kier molecular flexibility index (Phi) is 13.0. The van der Waals surface area contributed by atoms with Crippen LogP contribution in [-0.2, 0) is 0 Å². The Morgan fingerprint density at radius 3 is 1.14 bits per heavy atom. The van der Waals surface area contributed by atoms with Crippen molar-refractivity contribution in [1.29, 1.82) is 0 Å². The molecule has 0 saturated carbocycles. The molecule has 0 aliphatic rings. The summed E-state index contributed by atoms with van der Waals surface area (Å²) in [5.74, 6) is 0. The van der Waals surface area contributed by atoms with Crippen LogP contribution in [0.4, 0.5) is 0 Å². The van der Waals surface area contributed by atoms with Crippen molar-refractivity contribution in [3.05, 3.63) is 0 Å². The third kappa shape index (κ3) is 93.6. The average molecular weight is 297 g/mol. The van der Waals surface area contributed by atoms with Crippen molar-refractivity contribution >= 4 is 9.05 Å². The molecular formula is H2ClErO4Si. The molecule has 0 saturated heterocycles. The van der Waals surface area contributed by atoms with Crippen molar-refractivity contribution < 1.29 is 68.9 Å². The van der Waals surface area contributed by atoms with Crippen LogP contribution in [0.2, 0.25) is 0 Å². The zero-order chi connectivity index (χ0) is 4.50. The molecule has 0 unspecified atom stereocenters. The van der Waals surface area contributed by atoms with Gasteiger partial charge in [-0.05, 0) is 0 Å². The minimum Gasteiger partial charge on any atom is -1.00 e. The van der Waals surface area contributed by atoms with Crippen LogP contribution in [0.1, 0.15) is 0 Å². The smallest absolute Gasteiger partial charge is 1.00 e. The summed E-state index contributed by atoms with van der Waals surface area (Å²) in [4.78, 5) is 31.8. The van der Waals surface area contributed by atoms with Crippen molar-refractivity contribution in [3.63, 3.8) is 0 Å². The molecule has 1 radical (unpaired) electrons. The minimum absolute atomic E-state index is 0. The van der Waals surface area contributed by atoms with Gasteiger partial charge in [0.1, 0.15) is 9.05 Å². The van der Waals surface area contributed by atoms with Crippen molar-refractivity contribution in [1.82, 2.24) is 0 Å². The van der Waals surface area contributed by atoms with Gasteiger partial charge in [0.2, 0.25) is 0 Å². The predicted octanol–water partition coefficient (Wildman–Crippen LogP) is -6.87. The summed E-state index contributed by atoms with van der Waals surface area (Å²) in [5.41, 5.74) is 0. The van der Waals surface area contributed by atoms with E-state index in [0.29, 0.717) is 0 Å². The average Bonchev–Trinajstić information content (AvgIpc) is 0.722. The van der Waals surface area contributed by atoms with Crippen LogP contribution < -0.4 is 22.0 Å². The Balaban J connectivity index is -0.0000000800. The molecule has 0 bridgehead atoms. The van der Waals surface area contributed by atoms with Gasteiger partial charge < -0.3 is 31.6 Å². The van der Waals surface area contributed by atoms with E-state index in [9.17, 15) is 0 Å². The van der Waals surface area contributed by atoms with Gasteiger partial charge in [-0.25, -0.2) is 0 Å². The molecule has 2 N–H and O–H groups in total. The van der Waals surface area contributed by atoms with Gasteiger partial charge in [-0.2, -0.15) is 0 Å². The van der Waals surface area contributed by atoms with E-state index in [0.717, 1.165) is 0 Å². The molecule has 0 aromatic carbocycles. The van der Waals surface area contributed by atoms with Crippen LogP contribution in [0.25, 0.3) is 0 Å². The maximum atomic E-state index is 8.80. The molecule has 4 nitrogen and oxygen atoms in total. The van der Waals surface area contributed by atoms with Gasteiger partial charge >= 0.3 is 37.3 Å². The quantitative estimate of drug-likeness (QED) is 0.435. The predicted molar refractivity (Wildman–Crippen MR) is 10.2 cm³/mol. The summed E-state index contributed by atoms with van der Waals surface area (Å²) < 4.78 is 0. The van der Waals surface area contributed by atoms with Gasteiger partial charge in [-0.1, -0.05) is 0 Å².